The van der Waals surface area contributed by atoms with Crippen molar-refractivity contribution < 1.29 is 80.2 Å². The van der Waals surface area contributed by atoms with Crippen LogP contribution >= 0.6 is 15.6 Å². The van der Waals surface area contributed by atoms with Crippen LogP contribution in [0.2, 0.25) is 0 Å². The van der Waals surface area contributed by atoms with Crippen molar-refractivity contribution in [1.82, 2.24) is 0 Å². The molecular weight excluding hydrogens is 1340 g/mol. The third-order valence-corrected chi connectivity index (χ3v) is 21.7. The van der Waals surface area contributed by atoms with Gasteiger partial charge in [0.05, 0.1) is 26.4 Å². The van der Waals surface area contributed by atoms with Gasteiger partial charge in [-0.2, -0.15) is 0 Å². The standard InChI is InChI=1S/C84H164O17P2/c1-6-9-12-15-18-21-24-26-27-28-32-35-39-43-48-53-58-63-68-82(87)95-74-80(101-84(89)70-65-60-55-50-45-40-36-33-30-29-31-34-38-42-46-51-56-61-66-77(4)5)76-99-103(92,93)97-72-78(85)71-96-102(90,91)98-75-79(73-94-81(86)67-62-57-52-47-41-23-20-17-14-11-8-3)100-83(88)69-64-59-54-49-44-37-25-22-19-16-13-10-7-2/h77-80,85H,6-76H2,1-5H3,(H,90,91)(H,92,93)/t78-,79+,80+/m0/s1. The predicted octanol–water partition coefficient (Wildman–Crippen LogP) is 25.6. The van der Waals surface area contributed by atoms with Gasteiger partial charge >= 0.3 is 39.5 Å². The maximum Gasteiger partial charge on any atom is 0.472 e. The van der Waals surface area contributed by atoms with Crippen LogP contribution in [0.1, 0.15) is 452 Å². The van der Waals surface area contributed by atoms with Crippen molar-refractivity contribution in [2.75, 3.05) is 39.6 Å². The lowest BCUT2D eigenvalue weighted by Crippen LogP contribution is -2.30. The Kier molecular flexibility index (Phi) is 75.4. The molecule has 0 aromatic heterocycles. The number of hydrogen-bond donors (Lipinski definition) is 3. The Morgan fingerprint density at radius 3 is 0.660 bits per heavy atom. The van der Waals surface area contributed by atoms with Crippen molar-refractivity contribution in [3.05, 3.63) is 0 Å². The summed E-state index contributed by atoms with van der Waals surface area (Å²) in [6.45, 7) is 7.39. The van der Waals surface area contributed by atoms with Gasteiger partial charge in [-0.15, -0.1) is 0 Å². The number of carbonyl (C=O) groups excluding carboxylic acids is 4. The van der Waals surface area contributed by atoms with E-state index in [0.29, 0.717) is 25.7 Å². The van der Waals surface area contributed by atoms with Crippen molar-refractivity contribution >= 4 is 39.5 Å². The zero-order chi connectivity index (χ0) is 75.5. The lowest BCUT2D eigenvalue weighted by Gasteiger charge is -2.21. The SMILES string of the molecule is CCCCCCCCCCCCCCCCCCCCC(=O)OC[C@H](COP(=O)(O)OC[C@@H](O)COP(=O)(O)OC[C@@H](COC(=O)CCCCCCCCCCCCC)OC(=O)CCCCCCCCCCCCCCC)OC(=O)CCCCCCCCCCCCCCCCCCCCC(C)C. The van der Waals surface area contributed by atoms with E-state index in [4.69, 9.17) is 37.0 Å². The quantitative estimate of drug-likeness (QED) is 0.0222. The van der Waals surface area contributed by atoms with Gasteiger partial charge in [-0.1, -0.05) is 401 Å². The number of aliphatic hydroxyl groups excluding tert-OH is 1. The van der Waals surface area contributed by atoms with E-state index >= 15 is 0 Å². The molecule has 0 radical (unpaired) electrons. The molecule has 17 nitrogen and oxygen atoms in total. The normalized spacial score (nSPS) is 13.8. The first-order valence-corrected chi connectivity index (χ1v) is 46.6. The molecule has 0 rings (SSSR count). The Hall–Kier alpha value is -1.94. The van der Waals surface area contributed by atoms with Crippen LogP contribution in [-0.4, -0.2) is 96.7 Å². The third kappa shape index (κ3) is 78.0. The van der Waals surface area contributed by atoms with Crippen LogP contribution in [0.5, 0.6) is 0 Å². The highest BCUT2D eigenvalue weighted by Gasteiger charge is 2.30. The van der Waals surface area contributed by atoms with Crippen molar-refractivity contribution in [1.29, 1.82) is 0 Å². The molecule has 3 N–H and O–H groups in total. The lowest BCUT2D eigenvalue weighted by atomic mass is 10.0. The van der Waals surface area contributed by atoms with E-state index in [0.717, 1.165) is 95.8 Å². The van der Waals surface area contributed by atoms with Crippen LogP contribution in [-0.2, 0) is 65.4 Å². The van der Waals surface area contributed by atoms with Crippen LogP contribution in [0, 0.1) is 5.92 Å². The Morgan fingerprint density at radius 2 is 0.447 bits per heavy atom. The van der Waals surface area contributed by atoms with Gasteiger partial charge in [-0.25, -0.2) is 9.13 Å². The maximum atomic E-state index is 13.1. The fourth-order valence-corrected chi connectivity index (χ4v) is 14.7. The van der Waals surface area contributed by atoms with Gasteiger partial charge in [0.15, 0.2) is 12.2 Å². The largest absolute Gasteiger partial charge is 0.472 e. The average Bonchev–Trinajstić information content (AvgIpc) is 0.931. The molecule has 0 fully saturated rings. The first kappa shape index (κ1) is 101. The zero-order valence-corrected chi connectivity index (χ0v) is 69.3. The van der Waals surface area contributed by atoms with Gasteiger partial charge in [-0.05, 0) is 31.6 Å². The summed E-state index contributed by atoms with van der Waals surface area (Å²) in [5.41, 5.74) is 0. The van der Waals surface area contributed by atoms with E-state index in [-0.39, 0.29) is 25.7 Å². The molecule has 5 atom stereocenters. The molecule has 0 aromatic carbocycles. The number of unbranched alkanes of at least 4 members (excludes halogenated alkanes) is 56. The van der Waals surface area contributed by atoms with Crippen molar-refractivity contribution in [3.63, 3.8) is 0 Å². The Bertz CT molecular complexity index is 1960. The molecule has 0 aliphatic rings. The molecule has 0 aromatic rings. The highest BCUT2D eigenvalue weighted by atomic mass is 31.2. The number of esters is 4. The van der Waals surface area contributed by atoms with E-state index in [1.54, 1.807) is 0 Å². The lowest BCUT2D eigenvalue weighted by molar-refractivity contribution is -0.161. The molecule has 0 heterocycles. The van der Waals surface area contributed by atoms with E-state index < -0.39 is 97.5 Å². The van der Waals surface area contributed by atoms with Crippen molar-refractivity contribution in [2.45, 2.75) is 470 Å². The molecule has 0 spiro atoms. The van der Waals surface area contributed by atoms with Crippen LogP contribution in [0.3, 0.4) is 0 Å². The first-order chi connectivity index (χ1) is 50.0. The Labute approximate surface area is 632 Å². The second-order valence-corrected chi connectivity index (χ2v) is 33.6. The summed E-state index contributed by atoms with van der Waals surface area (Å²) < 4.78 is 68.8. The highest BCUT2D eigenvalue weighted by Crippen LogP contribution is 2.45. The maximum absolute atomic E-state index is 13.1. The summed E-state index contributed by atoms with van der Waals surface area (Å²) in [6.07, 6.45) is 69.3. The number of ether oxygens (including phenoxy) is 4. The van der Waals surface area contributed by atoms with Gasteiger partial charge in [0.2, 0.25) is 0 Å². The summed E-state index contributed by atoms with van der Waals surface area (Å²) >= 11 is 0. The van der Waals surface area contributed by atoms with Gasteiger partial charge in [0.1, 0.15) is 19.3 Å². The zero-order valence-electron chi connectivity index (χ0n) is 67.5. The van der Waals surface area contributed by atoms with E-state index in [2.05, 4.69) is 34.6 Å². The Balaban J connectivity index is 5.22. The smallest absolute Gasteiger partial charge is 0.462 e. The number of phosphoric acid groups is 2. The van der Waals surface area contributed by atoms with E-state index in [9.17, 15) is 43.2 Å². The number of hydrogen-bond acceptors (Lipinski definition) is 15. The molecule has 0 saturated heterocycles. The number of rotatable bonds is 84. The fourth-order valence-electron chi connectivity index (χ4n) is 13.1. The number of phosphoric ester groups is 2. The molecule has 103 heavy (non-hydrogen) atoms. The second-order valence-electron chi connectivity index (χ2n) is 30.7. The minimum absolute atomic E-state index is 0.108. The van der Waals surface area contributed by atoms with Crippen molar-refractivity contribution in [3.8, 4) is 0 Å². The third-order valence-electron chi connectivity index (χ3n) is 19.8. The minimum atomic E-state index is -4.96. The monoisotopic (exact) mass is 1510 g/mol. The molecule has 0 amide bonds. The molecule has 19 heteroatoms. The first-order valence-electron chi connectivity index (χ1n) is 43.6. The summed E-state index contributed by atoms with van der Waals surface area (Å²) in [5.74, 6) is -1.28. The molecule has 0 bridgehead atoms. The number of aliphatic hydroxyl groups is 1. The van der Waals surface area contributed by atoms with Gasteiger partial charge < -0.3 is 33.8 Å². The fraction of sp³-hybridized carbons (Fsp3) is 0.952. The molecular formula is C84H164O17P2. The molecule has 0 aliphatic heterocycles. The van der Waals surface area contributed by atoms with Crippen molar-refractivity contribution in [2.24, 2.45) is 5.92 Å². The molecule has 2 unspecified atom stereocenters. The second kappa shape index (κ2) is 76.8. The summed E-state index contributed by atoms with van der Waals surface area (Å²) in [5, 5.41) is 10.7. The highest BCUT2D eigenvalue weighted by molar-refractivity contribution is 7.47. The molecule has 0 aliphatic carbocycles. The summed E-state index contributed by atoms with van der Waals surface area (Å²) in [4.78, 5) is 73.1. The van der Waals surface area contributed by atoms with E-state index in [1.165, 1.54) is 276 Å². The number of carbonyl (C=O) groups is 4. The van der Waals surface area contributed by atoms with Crippen LogP contribution in [0.15, 0.2) is 0 Å². The van der Waals surface area contributed by atoms with E-state index in [1.807, 2.05) is 0 Å². The topological polar surface area (TPSA) is 237 Å². The average molecular weight is 1510 g/mol. The predicted molar refractivity (Wildman–Crippen MR) is 423 cm³/mol. The summed E-state index contributed by atoms with van der Waals surface area (Å²) in [6, 6.07) is 0. The molecule has 0 saturated carbocycles. The van der Waals surface area contributed by atoms with Crippen LogP contribution < -0.4 is 0 Å². The minimum Gasteiger partial charge on any atom is -0.462 e. The molecule has 612 valence electrons. The van der Waals surface area contributed by atoms with Crippen LogP contribution in [0.4, 0.5) is 0 Å². The van der Waals surface area contributed by atoms with Crippen LogP contribution in [0.25, 0.3) is 0 Å². The Morgan fingerprint density at radius 1 is 0.262 bits per heavy atom. The van der Waals surface area contributed by atoms with Gasteiger partial charge in [0.25, 0.3) is 0 Å². The van der Waals surface area contributed by atoms with Gasteiger partial charge in [-0.3, -0.25) is 37.3 Å². The van der Waals surface area contributed by atoms with Gasteiger partial charge in [0, 0.05) is 25.7 Å². The summed E-state index contributed by atoms with van der Waals surface area (Å²) in [7, 11) is -9.92.